The summed E-state index contributed by atoms with van der Waals surface area (Å²) in [5.74, 6) is 0. The highest BCUT2D eigenvalue weighted by atomic mass is 32.1. The molecule has 2 rings (SSSR count). The quantitative estimate of drug-likeness (QED) is 0.466. The van der Waals surface area contributed by atoms with E-state index in [-0.39, 0.29) is 5.69 Å². The smallest absolute Gasteiger partial charge is 0.269 e. The summed E-state index contributed by atoms with van der Waals surface area (Å²) >= 11 is 5.31. The first-order chi connectivity index (χ1) is 7.59. The van der Waals surface area contributed by atoms with Crippen molar-refractivity contribution in [1.82, 2.24) is 0 Å². The van der Waals surface area contributed by atoms with Gasteiger partial charge in [0, 0.05) is 17.0 Å². The third-order valence-corrected chi connectivity index (χ3v) is 2.54. The molecular formula is C10H9NO3S2. The van der Waals surface area contributed by atoms with Gasteiger partial charge in [-0.15, -0.1) is 24.0 Å². The molecule has 0 aliphatic rings. The first-order valence-corrected chi connectivity index (χ1v) is 5.58. The molecule has 0 fully saturated rings. The summed E-state index contributed by atoms with van der Waals surface area (Å²) in [4.78, 5) is 10.4. The zero-order chi connectivity index (χ0) is 12.0. The van der Waals surface area contributed by atoms with E-state index in [1.807, 2.05) is 5.38 Å². The van der Waals surface area contributed by atoms with E-state index in [0.29, 0.717) is 5.06 Å². The van der Waals surface area contributed by atoms with Gasteiger partial charge in [0.15, 0.2) is 5.06 Å². The molecule has 0 aliphatic heterocycles. The van der Waals surface area contributed by atoms with Crippen molar-refractivity contribution in [3.63, 3.8) is 0 Å². The molecule has 0 bridgehead atoms. The van der Waals surface area contributed by atoms with Gasteiger partial charge in [0.25, 0.3) is 5.69 Å². The Morgan fingerprint density at radius 1 is 1.25 bits per heavy atom. The van der Waals surface area contributed by atoms with E-state index in [1.165, 1.54) is 23.5 Å². The third kappa shape index (κ3) is 4.33. The van der Waals surface area contributed by atoms with E-state index in [0.717, 1.165) is 4.90 Å². The Balaban J connectivity index is 0.000000181. The predicted molar refractivity (Wildman–Crippen MR) is 66.3 cm³/mol. The van der Waals surface area contributed by atoms with Crippen LogP contribution >= 0.6 is 24.0 Å². The van der Waals surface area contributed by atoms with Gasteiger partial charge in [0.1, 0.15) is 0 Å². The van der Waals surface area contributed by atoms with Crippen molar-refractivity contribution in [2.24, 2.45) is 0 Å². The number of aromatic hydroxyl groups is 1. The van der Waals surface area contributed by atoms with Crippen LogP contribution in [0.4, 0.5) is 5.69 Å². The summed E-state index contributed by atoms with van der Waals surface area (Å²) in [5, 5.41) is 20.8. The lowest BCUT2D eigenvalue weighted by Crippen LogP contribution is -1.85. The number of hydrogen-bond acceptors (Lipinski definition) is 5. The maximum atomic E-state index is 10.1. The number of hydrogen-bond donors (Lipinski definition) is 2. The second kappa shape index (κ2) is 6.14. The van der Waals surface area contributed by atoms with Gasteiger partial charge in [-0.2, -0.15) is 0 Å². The molecule has 0 unspecified atom stereocenters. The predicted octanol–water partition coefficient (Wildman–Crippen LogP) is 3.34. The Bertz CT molecular complexity index is 440. The molecule has 6 heteroatoms. The number of thiophene rings is 1. The fourth-order valence-electron chi connectivity index (χ4n) is 0.844. The van der Waals surface area contributed by atoms with Gasteiger partial charge in [0.05, 0.1) is 4.92 Å². The van der Waals surface area contributed by atoms with Crippen LogP contribution in [0.3, 0.4) is 0 Å². The van der Waals surface area contributed by atoms with E-state index in [1.54, 1.807) is 24.3 Å². The molecule has 0 amide bonds. The second-order valence-corrected chi connectivity index (χ2v) is 4.17. The number of nitro benzene ring substituents is 1. The molecule has 1 N–H and O–H groups in total. The van der Waals surface area contributed by atoms with Gasteiger partial charge in [-0.05, 0) is 29.6 Å². The van der Waals surface area contributed by atoms with Gasteiger partial charge >= 0.3 is 0 Å². The number of rotatable bonds is 1. The Morgan fingerprint density at radius 3 is 2.19 bits per heavy atom. The molecule has 1 heterocycles. The molecule has 0 saturated heterocycles. The molecule has 1 aromatic heterocycles. The van der Waals surface area contributed by atoms with Crippen molar-refractivity contribution in [3.8, 4) is 5.06 Å². The monoisotopic (exact) mass is 255 g/mol. The third-order valence-electron chi connectivity index (χ3n) is 1.57. The van der Waals surface area contributed by atoms with Gasteiger partial charge in [-0.25, -0.2) is 0 Å². The standard InChI is InChI=1S/C6H5NO2S.C4H4OS/c8-7(9)5-1-3-6(10)4-2-5;5-4-2-1-3-6-4/h1-4,10H;1-3,5H. The summed E-state index contributed by atoms with van der Waals surface area (Å²) in [7, 11) is 0. The van der Waals surface area contributed by atoms with Gasteiger partial charge in [0.2, 0.25) is 0 Å². The summed E-state index contributed by atoms with van der Waals surface area (Å²) in [6, 6.07) is 9.47. The Hall–Kier alpha value is -1.53. The topological polar surface area (TPSA) is 63.4 Å². The van der Waals surface area contributed by atoms with E-state index < -0.39 is 4.92 Å². The zero-order valence-corrected chi connectivity index (χ0v) is 9.82. The van der Waals surface area contributed by atoms with E-state index in [2.05, 4.69) is 12.6 Å². The molecular weight excluding hydrogens is 246 g/mol. The number of nitrogens with zero attached hydrogens (tertiary/aromatic N) is 1. The summed E-state index contributed by atoms with van der Waals surface area (Å²) < 4.78 is 0. The molecule has 16 heavy (non-hydrogen) atoms. The molecule has 84 valence electrons. The highest BCUT2D eigenvalue weighted by molar-refractivity contribution is 7.80. The van der Waals surface area contributed by atoms with Crippen molar-refractivity contribution < 1.29 is 10.0 Å². The van der Waals surface area contributed by atoms with Crippen molar-refractivity contribution in [2.45, 2.75) is 4.90 Å². The Labute approximate surface area is 102 Å². The van der Waals surface area contributed by atoms with Crippen LogP contribution in [0.1, 0.15) is 0 Å². The lowest BCUT2D eigenvalue weighted by atomic mass is 10.3. The minimum atomic E-state index is -0.437. The number of thiol groups is 1. The lowest BCUT2D eigenvalue weighted by molar-refractivity contribution is -0.384. The number of nitro groups is 1. The Morgan fingerprint density at radius 2 is 1.88 bits per heavy atom. The fourth-order valence-corrected chi connectivity index (χ4v) is 1.45. The van der Waals surface area contributed by atoms with Crippen LogP contribution in [0.25, 0.3) is 0 Å². The van der Waals surface area contributed by atoms with E-state index in [9.17, 15) is 10.1 Å². The second-order valence-electron chi connectivity index (χ2n) is 2.72. The number of benzene rings is 1. The molecule has 0 saturated carbocycles. The largest absolute Gasteiger partial charge is 0.499 e. The van der Waals surface area contributed by atoms with Crippen molar-refractivity contribution in [3.05, 3.63) is 51.9 Å². The molecule has 0 atom stereocenters. The average Bonchev–Trinajstić information content (AvgIpc) is 2.71. The van der Waals surface area contributed by atoms with E-state index >= 15 is 0 Å². The minimum absolute atomic E-state index is 0.0952. The molecule has 0 aliphatic carbocycles. The lowest BCUT2D eigenvalue weighted by Gasteiger charge is -1.89. The SMILES string of the molecule is O=[N+]([O-])c1ccc(S)cc1.Oc1cccs1. The summed E-state index contributed by atoms with van der Waals surface area (Å²) in [6.07, 6.45) is 0. The molecule has 4 nitrogen and oxygen atoms in total. The first kappa shape index (κ1) is 12.5. The fraction of sp³-hybridized carbons (Fsp3) is 0. The van der Waals surface area contributed by atoms with Crippen LogP contribution in [-0.2, 0) is 0 Å². The van der Waals surface area contributed by atoms with Crippen LogP contribution in [0.15, 0.2) is 46.7 Å². The Kier molecular flexibility index (Phi) is 4.81. The van der Waals surface area contributed by atoms with Crippen molar-refractivity contribution in [2.75, 3.05) is 0 Å². The minimum Gasteiger partial charge on any atom is -0.499 e. The van der Waals surface area contributed by atoms with Crippen LogP contribution in [0, 0.1) is 10.1 Å². The van der Waals surface area contributed by atoms with E-state index in [4.69, 9.17) is 5.11 Å². The molecule has 2 aromatic rings. The van der Waals surface area contributed by atoms with Crippen LogP contribution in [-0.4, -0.2) is 10.0 Å². The first-order valence-electron chi connectivity index (χ1n) is 4.25. The maximum Gasteiger partial charge on any atom is 0.269 e. The molecule has 1 aromatic carbocycles. The molecule has 0 radical (unpaired) electrons. The zero-order valence-electron chi connectivity index (χ0n) is 8.11. The highest BCUT2D eigenvalue weighted by Crippen LogP contribution is 2.14. The molecule has 0 spiro atoms. The number of non-ortho nitro benzene ring substituents is 1. The van der Waals surface area contributed by atoms with Crippen molar-refractivity contribution in [1.29, 1.82) is 0 Å². The normalized spacial score (nSPS) is 9.06. The van der Waals surface area contributed by atoms with Gasteiger partial charge in [-0.1, -0.05) is 0 Å². The van der Waals surface area contributed by atoms with Gasteiger partial charge in [-0.3, -0.25) is 10.1 Å². The van der Waals surface area contributed by atoms with Crippen molar-refractivity contribution >= 4 is 29.7 Å². The van der Waals surface area contributed by atoms with Crippen LogP contribution in [0.2, 0.25) is 0 Å². The highest BCUT2D eigenvalue weighted by Gasteiger charge is 2.00. The maximum absolute atomic E-state index is 10.1. The van der Waals surface area contributed by atoms with Gasteiger partial charge < -0.3 is 5.11 Å². The van der Waals surface area contributed by atoms with Crippen LogP contribution in [0.5, 0.6) is 5.06 Å². The summed E-state index contributed by atoms with van der Waals surface area (Å²) in [5.41, 5.74) is 0.0952. The van der Waals surface area contributed by atoms with Crippen LogP contribution < -0.4 is 0 Å². The average molecular weight is 255 g/mol. The summed E-state index contributed by atoms with van der Waals surface area (Å²) in [6.45, 7) is 0.